The van der Waals surface area contributed by atoms with E-state index >= 15 is 0 Å². The molecule has 0 bridgehead atoms. The minimum Gasteiger partial charge on any atom is -0.487 e. The molecule has 0 radical (unpaired) electrons. The third-order valence-electron chi connectivity index (χ3n) is 7.50. The Balaban J connectivity index is 0.00000387. The topological polar surface area (TPSA) is 121 Å². The van der Waals surface area contributed by atoms with E-state index in [4.69, 9.17) is 9.47 Å². The van der Waals surface area contributed by atoms with Crippen LogP contribution >= 0.6 is 28.3 Å². The number of piperazine rings is 1. The van der Waals surface area contributed by atoms with Gasteiger partial charge in [-0.15, -0.1) is 12.4 Å². The fourth-order valence-electron chi connectivity index (χ4n) is 5.31. The van der Waals surface area contributed by atoms with Crippen molar-refractivity contribution in [3.63, 3.8) is 0 Å². The van der Waals surface area contributed by atoms with Crippen LogP contribution in [0.2, 0.25) is 0 Å². The van der Waals surface area contributed by atoms with Crippen molar-refractivity contribution in [1.82, 2.24) is 19.5 Å². The van der Waals surface area contributed by atoms with Crippen molar-refractivity contribution >= 4 is 62.1 Å². The number of nitrogens with zero attached hydrogens (tertiary/aromatic N) is 4. The van der Waals surface area contributed by atoms with Gasteiger partial charge in [-0.25, -0.2) is 13.2 Å². The number of fused-ring (bicyclic) bond motifs is 1. The van der Waals surface area contributed by atoms with Crippen molar-refractivity contribution in [3.05, 3.63) is 57.7 Å². The second-order valence-corrected chi connectivity index (χ2v) is 13.0. The third kappa shape index (κ3) is 6.96. The van der Waals surface area contributed by atoms with Crippen molar-refractivity contribution in [2.45, 2.75) is 25.3 Å². The number of ether oxygens (including phenoxy) is 2. The maximum Gasteiger partial charge on any atom is 0.407 e. The zero-order valence-corrected chi connectivity index (χ0v) is 25.8. The Bertz CT molecular complexity index is 1400. The predicted octanol–water partition coefficient (Wildman–Crippen LogP) is 3.26. The number of carbonyl (C=O) groups excluding carboxylic acids is 2. The minimum atomic E-state index is -3.90. The molecule has 41 heavy (non-hydrogen) atoms. The Hall–Kier alpha value is -2.87. The Morgan fingerprint density at radius 3 is 2.56 bits per heavy atom. The Morgan fingerprint density at radius 2 is 1.88 bits per heavy atom. The number of halogens is 2. The van der Waals surface area contributed by atoms with E-state index in [0.717, 1.165) is 10.2 Å². The van der Waals surface area contributed by atoms with Crippen molar-refractivity contribution in [3.8, 4) is 5.75 Å². The SMILES string of the molecule is CCOC(=O)NC1(CN2CCN(S(=O)(=O)C3=Cc4ccc(Br)cc4OC3)CC2=O)CCN(c2ccncc2)CC1.Cl. The number of rotatable bonds is 7. The van der Waals surface area contributed by atoms with Gasteiger partial charge in [-0.1, -0.05) is 22.0 Å². The first kappa shape index (κ1) is 31.1. The van der Waals surface area contributed by atoms with E-state index in [1.54, 1.807) is 42.4 Å². The number of amides is 2. The molecule has 2 amide bonds. The molecule has 0 atom stereocenters. The van der Waals surface area contributed by atoms with Gasteiger partial charge in [-0.2, -0.15) is 4.31 Å². The van der Waals surface area contributed by atoms with E-state index in [1.165, 1.54) is 4.31 Å². The summed E-state index contributed by atoms with van der Waals surface area (Å²) >= 11 is 3.39. The molecule has 222 valence electrons. The highest BCUT2D eigenvalue weighted by Crippen LogP contribution is 2.33. The third-order valence-corrected chi connectivity index (χ3v) is 9.88. The fraction of sp³-hybridized carbons (Fsp3) is 0.444. The van der Waals surface area contributed by atoms with Gasteiger partial charge in [0.25, 0.3) is 0 Å². The first-order chi connectivity index (χ1) is 19.2. The van der Waals surface area contributed by atoms with E-state index in [1.807, 2.05) is 18.2 Å². The van der Waals surface area contributed by atoms with Crippen LogP contribution in [0.1, 0.15) is 25.3 Å². The molecule has 0 spiro atoms. The number of piperidine rings is 1. The molecule has 5 rings (SSSR count). The number of pyridine rings is 1. The lowest BCUT2D eigenvalue weighted by atomic mass is 9.86. The van der Waals surface area contributed by atoms with Crippen molar-refractivity contribution in [2.24, 2.45) is 0 Å². The molecule has 0 unspecified atom stereocenters. The molecule has 2 saturated heterocycles. The molecular formula is C27H33BrClN5O6S. The summed E-state index contributed by atoms with van der Waals surface area (Å²) in [5.74, 6) is 0.293. The average Bonchev–Trinajstić information content (AvgIpc) is 2.94. The molecule has 4 heterocycles. The van der Waals surface area contributed by atoms with Crippen molar-refractivity contribution in [1.29, 1.82) is 0 Å². The highest BCUT2D eigenvalue weighted by Gasteiger charge is 2.42. The van der Waals surface area contributed by atoms with Crippen LogP contribution in [0.3, 0.4) is 0 Å². The lowest BCUT2D eigenvalue weighted by molar-refractivity contribution is -0.135. The van der Waals surface area contributed by atoms with Crippen LogP contribution in [-0.2, 0) is 19.6 Å². The number of sulfonamides is 1. The normalized spacial score (nSPS) is 18.9. The summed E-state index contributed by atoms with van der Waals surface area (Å²) in [4.78, 5) is 33.8. The van der Waals surface area contributed by atoms with Crippen LogP contribution in [0.4, 0.5) is 10.5 Å². The quantitative estimate of drug-likeness (QED) is 0.477. The van der Waals surface area contributed by atoms with Gasteiger partial charge in [-0.05, 0) is 50.1 Å². The molecule has 14 heteroatoms. The number of aromatic nitrogens is 1. The Labute approximate surface area is 254 Å². The van der Waals surface area contributed by atoms with Crippen molar-refractivity contribution in [2.75, 3.05) is 57.4 Å². The van der Waals surface area contributed by atoms with Crippen LogP contribution < -0.4 is 15.0 Å². The van der Waals surface area contributed by atoms with E-state index in [-0.39, 0.29) is 62.6 Å². The number of hydrogen-bond donors (Lipinski definition) is 1. The Kier molecular flexibility index (Phi) is 9.83. The number of alkyl carbamates (subject to hydrolysis) is 1. The standard InChI is InChI=1S/C27H32BrN5O6S.ClH/c1-2-38-26(35)30-27(7-11-31(12-8-27)22-5-9-29-10-6-22)19-32-13-14-33(17-25(32)34)40(36,37)23-15-20-3-4-21(28)16-24(20)39-18-23;/h3-6,9-10,15-16H,2,7-8,11-14,17-19H2,1H3,(H,30,35);1H. The van der Waals surface area contributed by atoms with Gasteiger partial charge in [0.05, 0.1) is 23.6 Å². The maximum absolute atomic E-state index is 13.4. The highest BCUT2D eigenvalue weighted by atomic mass is 79.9. The largest absolute Gasteiger partial charge is 0.487 e. The molecule has 3 aliphatic heterocycles. The van der Waals surface area contributed by atoms with Gasteiger partial charge in [-0.3, -0.25) is 9.78 Å². The predicted molar refractivity (Wildman–Crippen MR) is 161 cm³/mol. The number of nitrogens with one attached hydrogen (secondary N) is 1. The highest BCUT2D eigenvalue weighted by molar-refractivity contribution is 9.10. The van der Waals surface area contributed by atoms with E-state index in [0.29, 0.717) is 37.2 Å². The van der Waals surface area contributed by atoms with E-state index < -0.39 is 21.7 Å². The number of hydrogen-bond acceptors (Lipinski definition) is 8. The lowest BCUT2D eigenvalue weighted by Gasteiger charge is -2.46. The first-order valence-electron chi connectivity index (χ1n) is 13.2. The number of anilines is 1. The van der Waals surface area contributed by atoms with Gasteiger partial charge < -0.3 is 24.6 Å². The van der Waals surface area contributed by atoms with Gasteiger partial charge in [0.1, 0.15) is 12.4 Å². The van der Waals surface area contributed by atoms with Gasteiger partial charge >= 0.3 is 6.09 Å². The first-order valence-corrected chi connectivity index (χ1v) is 15.4. The maximum atomic E-state index is 13.4. The molecule has 2 aromatic rings. The summed E-state index contributed by atoms with van der Waals surface area (Å²) in [6.07, 6.45) is 5.76. The fourth-order valence-corrected chi connectivity index (χ4v) is 7.07. The van der Waals surface area contributed by atoms with Crippen LogP contribution in [-0.4, -0.2) is 92.6 Å². The monoisotopic (exact) mass is 669 g/mol. The van der Waals surface area contributed by atoms with Crippen LogP contribution in [0.15, 0.2) is 52.1 Å². The molecule has 2 fully saturated rings. The van der Waals surface area contributed by atoms with E-state index in [9.17, 15) is 18.0 Å². The van der Waals surface area contributed by atoms with Gasteiger partial charge in [0.2, 0.25) is 15.9 Å². The molecular weight excluding hydrogens is 638 g/mol. The molecule has 0 saturated carbocycles. The Morgan fingerprint density at radius 1 is 1.15 bits per heavy atom. The smallest absolute Gasteiger partial charge is 0.407 e. The summed E-state index contributed by atoms with van der Waals surface area (Å²) in [5.41, 5.74) is 1.03. The molecule has 1 N–H and O–H groups in total. The summed E-state index contributed by atoms with van der Waals surface area (Å²) in [5, 5.41) is 3.02. The molecule has 11 nitrogen and oxygen atoms in total. The van der Waals surface area contributed by atoms with Crippen LogP contribution in [0.5, 0.6) is 5.75 Å². The summed E-state index contributed by atoms with van der Waals surface area (Å²) in [6, 6.07) is 9.28. The lowest BCUT2D eigenvalue weighted by Crippen LogP contribution is -2.64. The number of benzene rings is 1. The second kappa shape index (κ2) is 13.0. The van der Waals surface area contributed by atoms with Crippen LogP contribution in [0.25, 0.3) is 6.08 Å². The zero-order valence-electron chi connectivity index (χ0n) is 22.6. The van der Waals surface area contributed by atoms with E-state index in [2.05, 4.69) is 31.1 Å². The molecule has 1 aromatic heterocycles. The second-order valence-electron chi connectivity index (χ2n) is 10.1. The van der Waals surface area contributed by atoms with Crippen molar-refractivity contribution < 1.29 is 27.5 Å². The molecule has 0 aliphatic carbocycles. The van der Waals surface area contributed by atoms with Gasteiger partial charge in [0, 0.05) is 60.8 Å². The number of carbonyl (C=O) groups is 2. The minimum absolute atomic E-state index is 0. The molecule has 1 aromatic carbocycles. The summed E-state index contributed by atoms with van der Waals surface area (Å²) in [7, 11) is -3.90. The zero-order chi connectivity index (χ0) is 28.3. The summed E-state index contributed by atoms with van der Waals surface area (Å²) < 4.78 is 39.8. The van der Waals surface area contributed by atoms with Crippen LogP contribution in [0, 0.1) is 0 Å². The van der Waals surface area contributed by atoms with Gasteiger partial charge in [0.15, 0.2) is 0 Å². The molecule has 3 aliphatic rings. The summed E-state index contributed by atoms with van der Waals surface area (Å²) in [6.45, 7) is 3.60. The average molecular weight is 671 g/mol.